The summed E-state index contributed by atoms with van der Waals surface area (Å²) in [5.41, 5.74) is 1.61. The molecule has 6 heteroatoms. The van der Waals surface area contributed by atoms with Gasteiger partial charge in [-0.25, -0.2) is 4.98 Å². The summed E-state index contributed by atoms with van der Waals surface area (Å²) < 4.78 is 1.64. The Morgan fingerprint density at radius 3 is 2.95 bits per heavy atom. The second-order valence-corrected chi connectivity index (χ2v) is 6.79. The predicted octanol–water partition coefficient (Wildman–Crippen LogP) is 2.30. The summed E-state index contributed by atoms with van der Waals surface area (Å²) in [5, 5.41) is 4.97. The number of nitrogens with one attached hydrogen (secondary N) is 1. The van der Waals surface area contributed by atoms with Crippen LogP contribution in [0.25, 0.3) is 4.96 Å². The zero-order valence-corrected chi connectivity index (χ0v) is 13.6. The van der Waals surface area contributed by atoms with Crippen molar-refractivity contribution in [1.29, 1.82) is 0 Å². The Labute approximate surface area is 133 Å². The number of carbonyl (C=O) groups is 1. The molecule has 5 nitrogen and oxygen atoms in total. The predicted molar refractivity (Wildman–Crippen MR) is 87.4 cm³/mol. The fraction of sp³-hybridized carbons (Fsp3) is 0.562. The molecule has 0 atom stereocenters. The Hall–Kier alpha value is -1.69. The molecule has 0 spiro atoms. The summed E-state index contributed by atoms with van der Waals surface area (Å²) in [6, 6.07) is 1.55. The van der Waals surface area contributed by atoms with Crippen LogP contribution >= 0.6 is 11.3 Å². The lowest BCUT2D eigenvalue weighted by Gasteiger charge is -2.20. The molecule has 1 fully saturated rings. The highest BCUT2D eigenvalue weighted by Crippen LogP contribution is 2.23. The van der Waals surface area contributed by atoms with E-state index in [1.807, 2.05) is 12.3 Å². The lowest BCUT2D eigenvalue weighted by atomic mass is 9.89. The fourth-order valence-corrected chi connectivity index (χ4v) is 4.06. The van der Waals surface area contributed by atoms with E-state index in [0.29, 0.717) is 13.0 Å². The van der Waals surface area contributed by atoms with Crippen molar-refractivity contribution in [3.8, 4) is 0 Å². The van der Waals surface area contributed by atoms with Crippen molar-refractivity contribution >= 4 is 22.2 Å². The van der Waals surface area contributed by atoms with Crippen molar-refractivity contribution in [1.82, 2.24) is 14.7 Å². The van der Waals surface area contributed by atoms with Gasteiger partial charge in [0.25, 0.3) is 5.56 Å². The number of hydrogen-bond acceptors (Lipinski definition) is 4. The highest BCUT2D eigenvalue weighted by atomic mass is 32.1. The Bertz CT molecular complexity index is 729. The van der Waals surface area contributed by atoms with Crippen LogP contribution in [0.4, 0.5) is 0 Å². The SMILES string of the molecule is Cc1cc(=O)n2c(CCNC(=O)C3CCCCC3)csc2n1. The molecule has 0 aliphatic heterocycles. The molecule has 2 heterocycles. The molecule has 2 aromatic heterocycles. The normalized spacial score (nSPS) is 16.0. The average molecular weight is 319 g/mol. The molecule has 0 radical (unpaired) electrons. The van der Waals surface area contributed by atoms with Crippen LogP contribution < -0.4 is 10.9 Å². The number of amides is 1. The number of hydrogen-bond donors (Lipinski definition) is 1. The molecule has 3 rings (SSSR count). The minimum absolute atomic E-state index is 0.0441. The first kappa shape index (κ1) is 15.2. The van der Waals surface area contributed by atoms with Crippen molar-refractivity contribution in [2.24, 2.45) is 5.92 Å². The maximum atomic E-state index is 12.1. The third-order valence-corrected chi connectivity index (χ3v) is 5.13. The van der Waals surface area contributed by atoms with Gasteiger partial charge in [-0.1, -0.05) is 19.3 Å². The van der Waals surface area contributed by atoms with E-state index in [1.54, 1.807) is 10.5 Å². The van der Waals surface area contributed by atoms with Crippen LogP contribution in [0.3, 0.4) is 0 Å². The maximum Gasteiger partial charge on any atom is 0.258 e. The van der Waals surface area contributed by atoms with Gasteiger partial charge in [0.15, 0.2) is 4.96 Å². The van der Waals surface area contributed by atoms with Crippen LogP contribution in [-0.4, -0.2) is 21.8 Å². The van der Waals surface area contributed by atoms with Gasteiger partial charge in [0.1, 0.15) is 0 Å². The van der Waals surface area contributed by atoms with Crippen molar-refractivity contribution in [2.45, 2.75) is 45.4 Å². The summed E-state index contributed by atoms with van der Waals surface area (Å²) in [6.45, 7) is 2.40. The van der Waals surface area contributed by atoms with E-state index in [0.717, 1.165) is 42.0 Å². The molecule has 1 aliphatic rings. The number of fused-ring (bicyclic) bond motifs is 1. The summed E-state index contributed by atoms with van der Waals surface area (Å²) in [4.78, 5) is 29.3. The highest BCUT2D eigenvalue weighted by Gasteiger charge is 2.20. The number of aromatic nitrogens is 2. The number of rotatable bonds is 4. The molecule has 0 bridgehead atoms. The lowest BCUT2D eigenvalue weighted by Crippen LogP contribution is -2.33. The molecular formula is C16H21N3O2S. The molecular weight excluding hydrogens is 298 g/mol. The van der Waals surface area contributed by atoms with E-state index in [1.165, 1.54) is 17.8 Å². The molecule has 1 N–H and O–H groups in total. The van der Waals surface area contributed by atoms with Crippen LogP contribution in [0.15, 0.2) is 16.2 Å². The molecule has 0 aromatic carbocycles. The van der Waals surface area contributed by atoms with Crippen LogP contribution in [-0.2, 0) is 11.2 Å². The minimum atomic E-state index is -0.0441. The molecule has 118 valence electrons. The van der Waals surface area contributed by atoms with E-state index in [4.69, 9.17) is 0 Å². The van der Waals surface area contributed by atoms with Gasteiger partial charge in [-0.15, -0.1) is 11.3 Å². The number of aryl methyl sites for hydroxylation is 1. The summed E-state index contributed by atoms with van der Waals surface area (Å²) >= 11 is 1.47. The van der Waals surface area contributed by atoms with Gasteiger partial charge in [0.2, 0.25) is 5.91 Å². The third-order valence-electron chi connectivity index (χ3n) is 4.26. The summed E-state index contributed by atoms with van der Waals surface area (Å²) in [5.74, 6) is 0.348. The Balaban J connectivity index is 1.62. The zero-order valence-electron chi connectivity index (χ0n) is 12.8. The topological polar surface area (TPSA) is 63.5 Å². The number of thiazole rings is 1. The van der Waals surface area contributed by atoms with E-state index in [9.17, 15) is 9.59 Å². The smallest absolute Gasteiger partial charge is 0.258 e. The first-order valence-corrected chi connectivity index (χ1v) is 8.77. The molecule has 22 heavy (non-hydrogen) atoms. The van der Waals surface area contributed by atoms with Crippen molar-refractivity contribution in [3.05, 3.63) is 33.2 Å². The van der Waals surface area contributed by atoms with Gasteiger partial charge in [0.05, 0.1) is 0 Å². The van der Waals surface area contributed by atoms with Gasteiger partial charge in [-0.05, 0) is 19.8 Å². The van der Waals surface area contributed by atoms with Crippen LogP contribution in [0, 0.1) is 12.8 Å². The van der Waals surface area contributed by atoms with Gasteiger partial charge in [0, 0.05) is 41.7 Å². The number of nitrogens with zero attached hydrogens (tertiary/aromatic N) is 2. The molecule has 0 saturated heterocycles. The van der Waals surface area contributed by atoms with E-state index < -0.39 is 0 Å². The monoisotopic (exact) mass is 319 g/mol. The number of carbonyl (C=O) groups excluding carboxylic acids is 1. The molecule has 2 aromatic rings. The van der Waals surface area contributed by atoms with Gasteiger partial charge < -0.3 is 5.32 Å². The second-order valence-electron chi connectivity index (χ2n) is 5.96. The molecule has 0 unspecified atom stereocenters. The zero-order chi connectivity index (χ0) is 15.5. The van der Waals surface area contributed by atoms with Gasteiger partial charge in [-0.3, -0.25) is 14.0 Å². The van der Waals surface area contributed by atoms with Crippen molar-refractivity contribution < 1.29 is 4.79 Å². The standard InChI is InChI=1S/C16H21N3O2S/c1-11-9-14(20)19-13(10-22-16(19)18-11)7-8-17-15(21)12-5-3-2-4-6-12/h9-10,12H,2-8H2,1H3,(H,17,21). The third kappa shape index (κ3) is 3.21. The maximum absolute atomic E-state index is 12.1. The van der Waals surface area contributed by atoms with E-state index in [-0.39, 0.29) is 17.4 Å². The molecule has 1 amide bonds. The Morgan fingerprint density at radius 2 is 2.18 bits per heavy atom. The van der Waals surface area contributed by atoms with Crippen LogP contribution in [0.1, 0.15) is 43.5 Å². The van der Waals surface area contributed by atoms with Gasteiger partial charge in [-0.2, -0.15) is 0 Å². The lowest BCUT2D eigenvalue weighted by molar-refractivity contribution is -0.125. The van der Waals surface area contributed by atoms with Crippen LogP contribution in [0.2, 0.25) is 0 Å². The first-order chi connectivity index (χ1) is 10.6. The largest absolute Gasteiger partial charge is 0.355 e. The fourth-order valence-electron chi connectivity index (χ4n) is 3.08. The molecule has 1 aliphatic carbocycles. The minimum Gasteiger partial charge on any atom is -0.355 e. The second kappa shape index (κ2) is 6.60. The van der Waals surface area contributed by atoms with Crippen molar-refractivity contribution in [3.63, 3.8) is 0 Å². The summed E-state index contributed by atoms with van der Waals surface area (Å²) in [6.07, 6.45) is 6.25. The van der Waals surface area contributed by atoms with E-state index in [2.05, 4.69) is 10.3 Å². The highest BCUT2D eigenvalue weighted by molar-refractivity contribution is 7.15. The van der Waals surface area contributed by atoms with Gasteiger partial charge >= 0.3 is 0 Å². The summed E-state index contributed by atoms with van der Waals surface area (Å²) in [7, 11) is 0. The molecule has 1 saturated carbocycles. The average Bonchev–Trinajstić information content (AvgIpc) is 2.91. The Morgan fingerprint density at radius 1 is 1.41 bits per heavy atom. The van der Waals surface area contributed by atoms with Crippen LogP contribution in [0.5, 0.6) is 0 Å². The first-order valence-electron chi connectivity index (χ1n) is 7.89. The van der Waals surface area contributed by atoms with Crippen molar-refractivity contribution in [2.75, 3.05) is 6.54 Å². The van der Waals surface area contributed by atoms with E-state index >= 15 is 0 Å². The quantitative estimate of drug-likeness (QED) is 0.940. The Kier molecular flexibility index (Phi) is 4.57.